The molecule has 0 unspecified atom stereocenters. The Bertz CT molecular complexity index is 1800. The molecule has 0 spiro atoms. The first kappa shape index (κ1) is 24.6. The fraction of sp³-hybridized carbons (Fsp3) is 0.222. The van der Waals surface area contributed by atoms with Crippen molar-refractivity contribution in [3.63, 3.8) is 0 Å². The summed E-state index contributed by atoms with van der Waals surface area (Å²) in [6.45, 7) is 0.699. The van der Waals surface area contributed by atoms with Crippen molar-refractivity contribution in [2.24, 2.45) is 7.05 Å². The summed E-state index contributed by atoms with van der Waals surface area (Å²) in [6, 6.07) is 12.1. The van der Waals surface area contributed by atoms with Crippen molar-refractivity contribution in [1.82, 2.24) is 30.0 Å². The molecule has 1 aliphatic heterocycles. The first-order valence-corrected chi connectivity index (χ1v) is 12.6. The normalized spacial score (nSPS) is 15.0. The highest BCUT2D eigenvalue weighted by atomic mass is 35.5. The number of hydrogen-bond acceptors (Lipinski definition) is 6. The molecule has 0 radical (unpaired) electrons. The summed E-state index contributed by atoms with van der Waals surface area (Å²) >= 11 is 6.75. The average molecular weight is 545 g/mol. The third-order valence-electron chi connectivity index (χ3n) is 7.29. The van der Waals surface area contributed by atoms with Crippen LogP contribution in [0.1, 0.15) is 24.1 Å². The van der Waals surface area contributed by atoms with Crippen molar-refractivity contribution < 1.29 is 14.3 Å². The SMILES string of the molecule is Cn1cc2c(Cl)c(-c3c[nH]c4nc(N5CCC(NC(=O)O)(c6ccccc6F)CC5)nc(C#N)c34)ccc2n1. The zero-order valence-corrected chi connectivity index (χ0v) is 21.5. The summed E-state index contributed by atoms with van der Waals surface area (Å²) in [4.78, 5) is 25.9. The molecule has 0 saturated carbocycles. The third kappa shape index (κ3) is 4.09. The number of piperidine rings is 1. The number of nitriles is 1. The van der Waals surface area contributed by atoms with Gasteiger partial charge in [-0.05, 0) is 25.0 Å². The van der Waals surface area contributed by atoms with Crippen LogP contribution in [0.2, 0.25) is 5.02 Å². The van der Waals surface area contributed by atoms with Gasteiger partial charge in [0.05, 0.1) is 21.5 Å². The van der Waals surface area contributed by atoms with Crippen molar-refractivity contribution in [3.05, 3.63) is 70.9 Å². The topological polar surface area (TPSA) is 136 Å². The number of carbonyl (C=O) groups is 1. The smallest absolute Gasteiger partial charge is 0.405 e. The first-order chi connectivity index (χ1) is 18.8. The van der Waals surface area contributed by atoms with Crippen LogP contribution in [0.5, 0.6) is 0 Å². The van der Waals surface area contributed by atoms with E-state index in [9.17, 15) is 19.6 Å². The van der Waals surface area contributed by atoms with Crippen molar-refractivity contribution in [3.8, 4) is 17.2 Å². The molecule has 0 aliphatic carbocycles. The van der Waals surface area contributed by atoms with Crippen LogP contribution in [0.3, 0.4) is 0 Å². The van der Waals surface area contributed by atoms with Crippen LogP contribution in [-0.2, 0) is 12.6 Å². The molecule has 1 aliphatic rings. The van der Waals surface area contributed by atoms with Crippen LogP contribution >= 0.6 is 11.6 Å². The van der Waals surface area contributed by atoms with Crippen LogP contribution in [0.25, 0.3) is 33.1 Å². The monoisotopic (exact) mass is 544 g/mol. The molecule has 4 heterocycles. The number of carboxylic acid groups (broad SMARTS) is 1. The Morgan fingerprint density at radius 2 is 1.97 bits per heavy atom. The lowest BCUT2D eigenvalue weighted by Crippen LogP contribution is -2.53. The van der Waals surface area contributed by atoms with Gasteiger partial charge >= 0.3 is 6.09 Å². The Balaban J connectivity index is 1.35. The fourth-order valence-corrected chi connectivity index (χ4v) is 5.76. The second-order valence-electron chi connectivity index (χ2n) is 9.55. The first-order valence-electron chi connectivity index (χ1n) is 12.2. The molecule has 5 aromatic rings. The number of fused-ring (bicyclic) bond motifs is 2. The zero-order chi connectivity index (χ0) is 27.3. The summed E-state index contributed by atoms with van der Waals surface area (Å²) in [5, 5.41) is 28.3. The van der Waals surface area contributed by atoms with E-state index in [-0.39, 0.29) is 5.69 Å². The molecule has 1 amide bonds. The minimum absolute atomic E-state index is 0.184. The molecule has 196 valence electrons. The van der Waals surface area contributed by atoms with Gasteiger partial charge in [-0.3, -0.25) is 4.68 Å². The van der Waals surface area contributed by atoms with Crippen molar-refractivity contribution in [2.45, 2.75) is 18.4 Å². The molecular formula is C27H22ClFN8O2. The van der Waals surface area contributed by atoms with Crippen LogP contribution in [0.4, 0.5) is 15.1 Å². The number of nitrogens with one attached hydrogen (secondary N) is 2. The second-order valence-corrected chi connectivity index (χ2v) is 9.93. The van der Waals surface area contributed by atoms with Crippen molar-refractivity contribution in [1.29, 1.82) is 5.26 Å². The number of halogens is 2. The van der Waals surface area contributed by atoms with Gasteiger partial charge in [-0.2, -0.15) is 15.3 Å². The van der Waals surface area contributed by atoms with Crippen LogP contribution < -0.4 is 10.2 Å². The molecule has 3 aromatic heterocycles. The van der Waals surface area contributed by atoms with E-state index >= 15 is 0 Å². The summed E-state index contributed by atoms with van der Waals surface area (Å²) in [6.07, 6.45) is 2.95. The van der Waals surface area contributed by atoms with Crippen LogP contribution in [0, 0.1) is 17.1 Å². The molecule has 6 rings (SSSR count). The van der Waals surface area contributed by atoms with Crippen molar-refractivity contribution >= 4 is 45.6 Å². The van der Waals surface area contributed by atoms with E-state index < -0.39 is 17.4 Å². The van der Waals surface area contributed by atoms with Gasteiger partial charge in [0.25, 0.3) is 0 Å². The Labute approximate surface area is 226 Å². The van der Waals surface area contributed by atoms with Gasteiger partial charge in [0, 0.05) is 54.6 Å². The second kappa shape index (κ2) is 9.25. The van der Waals surface area contributed by atoms with E-state index in [4.69, 9.17) is 11.6 Å². The molecule has 0 atom stereocenters. The summed E-state index contributed by atoms with van der Waals surface area (Å²) in [5.74, 6) is -0.134. The van der Waals surface area contributed by atoms with Gasteiger partial charge in [-0.1, -0.05) is 35.9 Å². The zero-order valence-electron chi connectivity index (χ0n) is 20.7. The van der Waals surface area contributed by atoms with Crippen LogP contribution in [0.15, 0.2) is 48.8 Å². The molecule has 1 saturated heterocycles. The molecule has 12 heteroatoms. The minimum Gasteiger partial charge on any atom is -0.465 e. The number of benzene rings is 2. The predicted molar refractivity (Wildman–Crippen MR) is 144 cm³/mol. The van der Waals surface area contributed by atoms with E-state index in [0.717, 1.165) is 16.5 Å². The van der Waals surface area contributed by atoms with Crippen molar-refractivity contribution in [2.75, 3.05) is 18.0 Å². The minimum atomic E-state index is -1.22. The molecule has 39 heavy (non-hydrogen) atoms. The number of hydrogen-bond donors (Lipinski definition) is 3. The van der Waals surface area contributed by atoms with Gasteiger partial charge in [0.1, 0.15) is 17.5 Å². The predicted octanol–water partition coefficient (Wildman–Crippen LogP) is 4.94. The maximum absolute atomic E-state index is 14.7. The average Bonchev–Trinajstić information content (AvgIpc) is 3.52. The van der Waals surface area contributed by atoms with Gasteiger partial charge in [-0.15, -0.1) is 0 Å². The largest absolute Gasteiger partial charge is 0.465 e. The lowest BCUT2D eigenvalue weighted by molar-refractivity contribution is 0.166. The maximum Gasteiger partial charge on any atom is 0.405 e. The number of amides is 1. The third-order valence-corrected chi connectivity index (χ3v) is 7.70. The fourth-order valence-electron chi connectivity index (χ4n) is 5.45. The highest BCUT2D eigenvalue weighted by Gasteiger charge is 2.40. The Morgan fingerprint density at radius 1 is 1.21 bits per heavy atom. The number of aryl methyl sites for hydroxylation is 1. The number of aromatic nitrogens is 5. The molecule has 1 fully saturated rings. The van der Waals surface area contributed by atoms with Gasteiger partial charge < -0.3 is 20.3 Å². The van der Waals surface area contributed by atoms with E-state index in [2.05, 4.69) is 31.4 Å². The molecule has 0 bridgehead atoms. The molecule has 10 nitrogen and oxygen atoms in total. The Morgan fingerprint density at radius 3 is 2.69 bits per heavy atom. The Kier molecular flexibility index (Phi) is 5.84. The number of nitrogens with zero attached hydrogens (tertiary/aromatic N) is 6. The summed E-state index contributed by atoms with van der Waals surface area (Å²) in [7, 11) is 1.82. The number of H-pyrrole nitrogens is 1. The number of rotatable bonds is 4. The highest BCUT2D eigenvalue weighted by Crippen LogP contribution is 2.39. The molecule has 2 aromatic carbocycles. The molecular weight excluding hydrogens is 523 g/mol. The van der Waals surface area contributed by atoms with Gasteiger partial charge in [-0.25, -0.2) is 14.2 Å². The van der Waals surface area contributed by atoms with Gasteiger partial charge in [0.15, 0.2) is 5.69 Å². The van der Waals surface area contributed by atoms with E-state index in [1.807, 2.05) is 30.3 Å². The highest BCUT2D eigenvalue weighted by molar-refractivity contribution is 6.38. The van der Waals surface area contributed by atoms with Gasteiger partial charge in [0.2, 0.25) is 5.95 Å². The Hall–Kier alpha value is -4.69. The standard InChI is InChI=1S/C27H22ClFN8O2/c1-36-14-17-20(35-36)7-6-15(23(17)28)16-13-31-24-22(16)21(12-30)32-25(33-24)37-10-8-27(9-11-37,34-26(38)39)18-4-2-3-5-19(18)29/h2-7,13-14,34H,8-11H2,1H3,(H,38,39)(H,31,32,33). The summed E-state index contributed by atoms with van der Waals surface area (Å²) in [5.41, 5.74) is 2.07. The number of anilines is 1. The van der Waals surface area contributed by atoms with E-state index in [0.29, 0.717) is 59.1 Å². The lowest BCUT2D eigenvalue weighted by Gasteiger charge is -2.42. The number of aromatic amines is 1. The maximum atomic E-state index is 14.7. The quantitative estimate of drug-likeness (QED) is 0.291. The summed E-state index contributed by atoms with van der Waals surface area (Å²) < 4.78 is 16.4. The molecule has 3 N–H and O–H groups in total. The van der Waals surface area contributed by atoms with Crippen LogP contribution in [-0.4, -0.2) is 49.0 Å². The van der Waals surface area contributed by atoms with E-state index in [1.54, 1.807) is 29.1 Å². The van der Waals surface area contributed by atoms with E-state index in [1.165, 1.54) is 6.07 Å². The lowest BCUT2D eigenvalue weighted by atomic mass is 9.80.